The van der Waals surface area contributed by atoms with E-state index < -0.39 is 0 Å². The van der Waals surface area contributed by atoms with Gasteiger partial charge in [0.25, 0.3) is 0 Å². The first-order valence-corrected chi connectivity index (χ1v) is 12.7. The highest BCUT2D eigenvalue weighted by Gasteiger charge is 2.32. The van der Waals surface area contributed by atoms with Crippen LogP contribution >= 0.6 is 0 Å². The van der Waals surface area contributed by atoms with Gasteiger partial charge in [-0.1, -0.05) is 30.3 Å². The van der Waals surface area contributed by atoms with Crippen molar-refractivity contribution in [2.75, 3.05) is 33.9 Å². The topological polar surface area (TPSA) is 48.6 Å². The fourth-order valence-electron chi connectivity index (χ4n) is 5.52. The normalized spacial score (nSPS) is 16.9. The van der Waals surface area contributed by atoms with Crippen LogP contribution in [0, 0.1) is 11.7 Å². The molecule has 0 spiro atoms. The highest BCUT2D eigenvalue weighted by atomic mass is 19.1. The molecule has 0 aliphatic carbocycles. The van der Waals surface area contributed by atoms with Gasteiger partial charge in [-0.3, -0.25) is 4.79 Å². The Morgan fingerprint density at radius 2 is 1.89 bits per heavy atom. The van der Waals surface area contributed by atoms with Crippen molar-refractivity contribution in [2.24, 2.45) is 5.92 Å². The number of aryl methyl sites for hydroxylation is 1. The number of rotatable bonds is 10. The number of piperidine rings is 1. The average molecular weight is 480 g/mol. The molecule has 0 bridgehead atoms. The second-order valence-corrected chi connectivity index (χ2v) is 9.96. The Bertz CT molecular complexity index is 1090. The molecule has 1 aliphatic heterocycles. The maximum atomic E-state index is 13.4. The lowest BCUT2D eigenvalue weighted by molar-refractivity contribution is -0.137. The molecule has 3 aromatic rings. The third-order valence-corrected chi connectivity index (χ3v) is 7.76. The average Bonchev–Trinajstić information content (AvgIpc) is 3.30. The fourth-order valence-corrected chi connectivity index (χ4v) is 5.52. The van der Waals surface area contributed by atoms with E-state index in [-0.39, 0.29) is 24.4 Å². The third kappa shape index (κ3) is 6.30. The molecule has 1 fully saturated rings. The predicted octanol–water partition coefficient (Wildman–Crippen LogP) is 5.06. The molecular weight excluding hydrogens is 441 g/mol. The first-order valence-electron chi connectivity index (χ1n) is 12.7. The van der Waals surface area contributed by atoms with Crippen molar-refractivity contribution >= 4 is 16.8 Å². The summed E-state index contributed by atoms with van der Waals surface area (Å²) in [6, 6.07) is 15.7. The Hall–Kier alpha value is -2.70. The molecule has 4 rings (SSSR count). The summed E-state index contributed by atoms with van der Waals surface area (Å²) in [6.07, 6.45) is 7.16. The van der Waals surface area contributed by atoms with E-state index in [9.17, 15) is 9.18 Å². The Balaban J connectivity index is 1.35. The third-order valence-electron chi connectivity index (χ3n) is 7.76. The molecule has 2 heterocycles. The van der Waals surface area contributed by atoms with Crippen LogP contribution in [0.3, 0.4) is 0 Å². The molecule has 1 saturated heterocycles. The highest BCUT2D eigenvalue weighted by molar-refractivity contribution is 5.83. The SMILES string of the molecule is COCC(=O)N(C)[C@@H](Cc1ccc(F)cc1)C1CCN([C@@H](C)CCc2c[nH]c3ccccc23)CC1. The molecule has 1 aliphatic rings. The number of benzene rings is 2. The summed E-state index contributed by atoms with van der Waals surface area (Å²) in [5, 5.41) is 1.32. The number of H-pyrrole nitrogens is 1. The van der Waals surface area contributed by atoms with Gasteiger partial charge in [0, 0.05) is 43.3 Å². The molecule has 188 valence electrons. The van der Waals surface area contributed by atoms with Crippen molar-refractivity contribution in [3.63, 3.8) is 0 Å². The lowest BCUT2D eigenvalue weighted by Crippen LogP contribution is -2.49. The zero-order valence-electron chi connectivity index (χ0n) is 21.2. The van der Waals surface area contributed by atoms with Crippen LogP contribution in [0.4, 0.5) is 4.39 Å². The Morgan fingerprint density at radius 1 is 1.17 bits per heavy atom. The predicted molar refractivity (Wildman–Crippen MR) is 139 cm³/mol. The number of para-hydroxylation sites is 1. The summed E-state index contributed by atoms with van der Waals surface area (Å²) in [4.78, 5) is 20.5. The van der Waals surface area contributed by atoms with Crippen LogP contribution in [0.25, 0.3) is 10.9 Å². The van der Waals surface area contributed by atoms with E-state index in [1.54, 1.807) is 7.11 Å². The minimum absolute atomic E-state index is 0.00543. The highest BCUT2D eigenvalue weighted by Crippen LogP contribution is 2.29. The van der Waals surface area contributed by atoms with Gasteiger partial charge in [0.2, 0.25) is 5.91 Å². The van der Waals surface area contributed by atoms with Crippen LogP contribution in [-0.4, -0.2) is 66.6 Å². The van der Waals surface area contributed by atoms with Gasteiger partial charge in [-0.2, -0.15) is 0 Å². The minimum atomic E-state index is -0.232. The monoisotopic (exact) mass is 479 g/mol. The van der Waals surface area contributed by atoms with Crippen molar-refractivity contribution in [1.82, 2.24) is 14.8 Å². The van der Waals surface area contributed by atoms with Crippen molar-refractivity contribution in [1.29, 1.82) is 0 Å². The van der Waals surface area contributed by atoms with Crippen molar-refractivity contribution in [3.05, 3.63) is 71.7 Å². The van der Waals surface area contributed by atoms with Gasteiger partial charge < -0.3 is 19.5 Å². The Morgan fingerprint density at radius 3 is 2.60 bits per heavy atom. The molecule has 5 nitrogen and oxygen atoms in total. The van der Waals surface area contributed by atoms with Crippen LogP contribution in [0.15, 0.2) is 54.7 Å². The first kappa shape index (κ1) is 25.4. The van der Waals surface area contributed by atoms with Crippen LogP contribution in [0.2, 0.25) is 0 Å². The van der Waals surface area contributed by atoms with E-state index in [1.807, 2.05) is 24.1 Å². The number of halogens is 1. The van der Waals surface area contributed by atoms with Gasteiger partial charge in [0.15, 0.2) is 0 Å². The number of nitrogens with zero attached hydrogens (tertiary/aromatic N) is 2. The van der Waals surface area contributed by atoms with Crippen LogP contribution < -0.4 is 0 Å². The number of amides is 1. The van der Waals surface area contributed by atoms with Crippen LogP contribution in [-0.2, 0) is 22.4 Å². The van der Waals surface area contributed by atoms with Gasteiger partial charge in [-0.25, -0.2) is 4.39 Å². The van der Waals surface area contributed by atoms with E-state index in [0.29, 0.717) is 12.0 Å². The number of methoxy groups -OCH3 is 1. The number of hydrogen-bond donors (Lipinski definition) is 1. The zero-order chi connectivity index (χ0) is 24.8. The minimum Gasteiger partial charge on any atom is -0.375 e. The molecule has 2 aromatic carbocycles. The maximum absolute atomic E-state index is 13.4. The van der Waals surface area contributed by atoms with Gasteiger partial charge in [-0.15, -0.1) is 0 Å². The molecule has 35 heavy (non-hydrogen) atoms. The smallest absolute Gasteiger partial charge is 0.248 e. The number of carbonyl (C=O) groups is 1. The lowest BCUT2D eigenvalue weighted by Gasteiger charge is -2.42. The Kier molecular flexibility index (Phi) is 8.58. The first-order chi connectivity index (χ1) is 17.0. The number of aromatic amines is 1. The molecule has 1 aromatic heterocycles. The Labute approximate surface area is 208 Å². The molecule has 1 N–H and O–H groups in total. The fraction of sp³-hybridized carbons (Fsp3) is 0.483. The number of likely N-dealkylation sites (N-methyl/N-ethyl adjacent to an activating group) is 1. The lowest BCUT2D eigenvalue weighted by atomic mass is 9.84. The van der Waals surface area contributed by atoms with Crippen LogP contribution in [0.1, 0.15) is 37.3 Å². The van der Waals surface area contributed by atoms with Crippen molar-refractivity contribution in [3.8, 4) is 0 Å². The molecular formula is C29H38FN3O2. The summed E-state index contributed by atoms with van der Waals surface area (Å²) in [5.41, 5.74) is 3.65. The molecule has 0 radical (unpaired) electrons. The van der Waals surface area contributed by atoms with E-state index in [1.165, 1.54) is 28.6 Å². The molecule has 2 atom stereocenters. The maximum Gasteiger partial charge on any atom is 0.248 e. The number of carbonyl (C=O) groups excluding carboxylic acids is 1. The van der Waals surface area contributed by atoms with E-state index in [4.69, 9.17) is 4.74 Å². The summed E-state index contributed by atoms with van der Waals surface area (Å²) in [7, 11) is 3.43. The standard InChI is InChI=1S/C29H38FN3O2/c1-21(8-11-24-19-31-27-7-5-4-6-26(24)27)33-16-14-23(15-17-33)28(32(2)29(34)20-35-3)18-22-9-12-25(30)13-10-22/h4-7,9-10,12-13,19,21,23,28,31H,8,11,14-18,20H2,1-3H3/t21-,28-/m0/s1. The number of hydrogen-bond acceptors (Lipinski definition) is 3. The number of nitrogens with one attached hydrogen (secondary N) is 1. The van der Waals surface area contributed by atoms with Gasteiger partial charge in [0.1, 0.15) is 12.4 Å². The molecule has 6 heteroatoms. The summed E-state index contributed by atoms with van der Waals surface area (Å²) >= 11 is 0. The summed E-state index contributed by atoms with van der Waals surface area (Å²) < 4.78 is 18.5. The molecule has 0 saturated carbocycles. The largest absolute Gasteiger partial charge is 0.375 e. The number of fused-ring (bicyclic) bond motifs is 1. The van der Waals surface area contributed by atoms with Gasteiger partial charge in [-0.05, 0) is 87.4 Å². The summed E-state index contributed by atoms with van der Waals surface area (Å²) in [5.74, 6) is 0.168. The van der Waals surface area contributed by atoms with E-state index in [2.05, 4.69) is 47.3 Å². The molecule has 0 unspecified atom stereocenters. The van der Waals surface area contributed by atoms with E-state index >= 15 is 0 Å². The summed E-state index contributed by atoms with van der Waals surface area (Å²) in [6.45, 7) is 4.48. The quantitative estimate of drug-likeness (QED) is 0.442. The number of aromatic nitrogens is 1. The van der Waals surface area contributed by atoms with Crippen LogP contribution in [0.5, 0.6) is 0 Å². The number of likely N-dealkylation sites (tertiary alicyclic amines) is 1. The zero-order valence-corrected chi connectivity index (χ0v) is 21.2. The van der Waals surface area contributed by atoms with Gasteiger partial charge in [0.05, 0.1) is 0 Å². The van der Waals surface area contributed by atoms with Crippen molar-refractivity contribution < 1.29 is 13.9 Å². The molecule has 1 amide bonds. The number of ether oxygens (including phenoxy) is 1. The second-order valence-electron chi connectivity index (χ2n) is 9.96. The second kappa shape index (κ2) is 11.8. The van der Waals surface area contributed by atoms with E-state index in [0.717, 1.165) is 50.8 Å². The van der Waals surface area contributed by atoms with Crippen molar-refractivity contribution in [2.45, 2.75) is 51.1 Å². The van der Waals surface area contributed by atoms with Gasteiger partial charge >= 0.3 is 0 Å².